The van der Waals surface area contributed by atoms with E-state index in [0.717, 1.165) is 16.5 Å². The fourth-order valence-corrected chi connectivity index (χ4v) is 2.96. The topological polar surface area (TPSA) is 56.7 Å². The Bertz CT molecular complexity index is 740. The number of nitrogens with one attached hydrogen (secondary N) is 2. The standard InChI is InChI=1S/C20H25BrN4O.HI/c1-22-20(25(2)15-17-10-6-7-11-18(17)21)24-14-19(26)23-13-12-16-8-4-3-5-9-16;/h3-11H,12-15H2,1-2H3,(H,22,24)(H,23,26);1H. The zero-order valence-corrected chi connectivity index (χ0v) is 19.5. The van der Waals surface area contributed by atoms with Gasteiger partial charge in [-0.05, 0) is 23.6 Å². The summed E-state index contributed by atoms with van der Waals surface area (Å²) in [6.07, 6.45) is 0.823. The third kappa shape index (κ3) is 8.30. The van der Waals surface area contributed by atoms with E-state index in [-0.39, 0.29) is 36.4 Å². The van der Waals surface area contributed by atoms with Crippen LogP contribution in [0, 0.1) is 0 Å². The second-order valence-electron chi connectivity index (χ2n) is 5.93. The predicted molar refractivity (Wildman–Crippen MR) is 126 cm³/mol. The molecule has 0 radical (unpaired) electrons. The number of guanidine groups is 1. The highest BCUT2D eigenvalue weighted by atomic mass is 127. The molecule has 146 valence electrons. The van der Waals surface area contributed by atoms with Crippen molar-refractivity contribution in [1.29, 1.82) is 0 Å². The number of aliphatic imine (C=N–C) groups is 1. The molecule has 0 aliphatic rings. The Labute approximate surface area is 186 Å². The molecular formula is C20H26BrIN4O. The lowest BCUT2D eigenvalue weighted by atomic mass is 10.1. The first-order chi connectivity index (χ1) is 12.6. The molecule has 2 aromatic carbocycles. The van der Waals surface area contributed by atoms with Crippen LogP contribution >= 0.6 is 39.9 Å². The summed E-state index contributed by atoms with van der Waals surface area (Å²) in [5.74, 6) is 0.635. The Morgan fingerprint density at radius 1 is 1.07 bits per heavy atom. The lowest BCUT2D eigenvalue weighted by molar-refractivity contribution is -0.120. The van der Waals surface area contributed by atoms with Crippen molar-refractivity contribution in [3.8, 4) is 0 Å². The minimum absolute atomic E-state index is 0. The summed E-state index contributed by atoms with van der Waals surface area (Å²) in [6, 6.07) is 18.2. The molecule has 0 bridgehead atoms. The largest absolute Gasteiger partial charge is 0.354 e. The third-order valence-corrected chi connectivity index (χ3v) is 4.70. The van der Waals surface area contributed by atoms with Crippen molar-refractivity contribution in [2.24, 2.45) is 4.99 Å². The fraction of sp³-hybridized carbons (Fsp3) is 0.300. The van der Waals surface area contributed by atoms with Crippen LogP contribution in [-0.4, -0.2) is 44.0 Å². The van der Waals surface area contributed by atoms with Gasteiger partial charge in [-0.25, -0.2) is 0 Å². The van der Waals surface area contributed by atoms with Crippen LogP contribution in [0.4, 0.5) is 0 Å². The Morgan fingerprint density at radius 2 is 1.74 bits per heavy atom. The zero-order chi connectivity index (χ0) is 18.8. The summed E-state index contributed by atoms with van der Waals surface area (Å²) >= 11 is 3.55. The van der Waals surface area contributed by atoms with Crippen molar-refractivity contribution >= 4 is 51.8 Å². The van der Waals surface area contributed by atoms with E-state index >= 15 is 0 Å². The van der Waals surface area contributed by atoms with Gasteiger partial charge in [0.2, 0.25) is 5.91 Å². The monoisotopic (exact) mass is 544 g/mol. The number of carbonyl (C=O) groups is 1. The summed E-state index contributed by atoms with van der Waals surface area (Å²) in [6.45, 7) is 1.51. The number of halogens is 2. The van der Waals surface area contributed by atoms with Gasteiger partial charge >= 0.3 is 0 Å². The van der Waals surface area contributed by atoms with E-state index in [4.69, 9.17) is 0 Å². The number of nitrogens with zero attached hydrogens (tertiary/aromatic N) is 2. The molecule has 1 amide bonds. The number of hydrogen-bond acceptors (Lipinski definition) is 2. The van der Waals surface area contributed by atoms with Gasteiger partial charge in [-0.3, -0.25) is 9.79 Å². The van der Waals surface area contributed by atoms with Crippen molar-refractivity contribution in [3.63, 3.8) is 0 Å². The van der Waals surface area contributed by atoms with E-state index in [1.807, 2.05) is 48.3 Å². The first kappa shape index (κ1) is 23.4. The second kappa shape index (κ2) is 12.7. The second-order valence-corrected chi connectivity index (χ2v) is 6.79. The zero-order valence-electron chi connectivity index (χ0n) is 15.6. The molecule has 0 spiro atoms. The molecule has 0 saturated carbocycles. The predicted octanol–water partition coefficient (Wildman–Crippen LogP) is 3.43. The van der Waals surface area contributed by atoms with Gasteiger partial charge in [-0.1, -0.05) is 64.5 Å². The van der Waals surface area contributed by atoms with Crippen molar-refractivity contribution in [3.05, 3.63) is 70.2 Å². The quantitative estimate of drug-likeness (QED) is 0.319. The lowest BCUT2D eigenvalue weighted by Crippen LogP contribution is -2.44. The molecule has 0 saturated heterocycles. The lowest BCUT2D eigenvalue weighted by Gasteiger charge is -2.22. The van der Waals surface area contributed by atoms with Gasteiger partial charge in [-0.15, -0.1) is 24.0 Å². The van der Waals surface area contributed by atoms with Crippen molar-refractivity contribution in [2.75, 3.05) is 27.2 Å². The summed E-state index contributed by atoms with van der Waals surface area (Å²) in [5.41, 5.74) is 2.37. The van der Waals surface area contributed by atoms with Crippen molar-refractivity contribution < 1.29 is 4.79 Å². The minimum atomic E-state index is -0.0450. The molecule has 7 heteroatoms. The van der Waals surface area contributed by atoms with Crippen LogP contribution in [0.25, 0.3) is 0 Å². The molecule has 0 aliphatic carbocycles. The highest BCUT2D eigenvalue weighted by Crippen LogP contribution is 2.17. The van der Waals surface area contributed by atoms with E-state index in [0.29, 0.717) is 19.0 Å². The highest BCUT2D eigenvalue weighted by Gasteiger charge is 2.10. The normalized spacial score (nSPS) is 10.7. The summed E-state index contributed by atoms with van der Waals surface area (Å²) in [4.78, 5) is 18.3. The van der Waals surface area contributed by atoms with Gasteiger partial charge < -0.3 is 15.5 Å². The third-order valence-electron chi connectivity index (χ3n) is 3.92. The summed E-state index contributed by atoms with van der Waals surface area (Å²) in [7, 11) is 3.66. The van der Waals surface area contributed by atoms with Crippen LogP contribution in [0.2, 0.25) is 0 Å². The molecule has 0 heterocycles. The molecule has 27 heavy (non-hydrogen) atoms. The first-order valence-electron chi connectivity index (χ1n) is 8.56. The van der Waals surface area contributed by atoms with Gasteiger partial charge in [0.05, 0.1) is 6.54 Å². The van der Waals surface area contributed by atoms with E-state index in [2.05, 4.69) is 49.8 Å². The average molecular weight is 545 g/mol. The van der Waals surface area contributed by atoms with Gasteiger partial charge in [0.1, 0.15) is 0 Å². The average Bonchev–Trinajstić information content (AvgIpc) is 2.65. The van der Waals surface area contributed by atoms with Gasteiger partial charge in [-0.2, -0.15) is 0 Å². The summed E-state index contributed by atoms with van der Waals surface area (Å²) < 4.78 is 1.06. The molecule has 5 nitrogen and oxygen atoms in total. The summed E-state index contributed by atoms with van der Waals surface area (Å²) in [5, 5.41) is 6.03. The Hall–Kier alpha value is -1.61. The smallest absolute Gasteiger partial charge is 0.239 e. The Kier molecular flexibility index (Phi) is 11.0. The van der Waals surface area contributed by atoms with Crippen LogP contribution in [0.15, 0.2) is 64.1 Å². The SMILES string of the molecule is CN=C(NCC(=O)NCCc1ccccc1)N(C)Cc1ccccc1Br.I. The minimum Gasteiger partial charge on any atom is -0.354 e. The molecule has 0 aliphatic heterocycles. The van der Waals surface area contributed by atoms with E-state index < -0.39 is 0 Å². The number of amides is 1. The van der Waals surface area contributed by atoms with Crippen LogP contribution in [0.5, 0.6) is 0 Å². The molecule has 0 unspecified atom stereocenters. The van der Waals surface area contributed by atoms with E-state index in [1.54, 1.807) is 7.05 Å². The number of hydrogen-bond donors (Lipinski definition) is 2. The van der Waals surface area contributed by atoms with Crippen LogP contribution in [-0.2, 0) is 17.8 Å². The maximum atomic E-state index is 12.0. The molecule has 2 aromatic rings. The molecule has 2 rings (SSSR count). The molecule has 0 aromatic heterocycles. The molecule has 0 fully saturated rings. The number of rotatable bonds is 7. The fourth-order valence-electron chi connectivity index (χ4n) is 2.55. The van der Waals surface area contributed by atoms with Crippen molar-refractivity contribution in [2.45, 2.75) is 13.0 Å². The van der Waals surface area contributed by atoms with Gasteiger partial charge in [0.15, 0.2) is 5.96 Å². The van der Waals surface area contributed by atoms with Crippen LogP contribution < -0.4 is 10.6 Å². The van der Waals surface area contributed by atoms with Crippen LogP contribution in [0.3, 0.4) is 0 Å². The molecular weight excluding hydrogens is 519 g/mol. The Morgan fingerprint density at radius 3 is 2.41 bits per heavy atom. The Balaban J connectivity index is 0.00000364. The first-order valence-corrected chi connectivity index (χ1v) is 9.35. The maximum Gasteiger partial charge on any atom is 0.239 e. The van der Waals surface area contributed by atoms with Gasteiger partial charge in [0, 0.05) is 31.7 Å². The van der Waals surface area contributed by atoms with E-state index in [1.165, 1.54) is 5.56 Å². The molecule has 2 N–H and O–H groups in total. The van der Waals surface area contributed by atoms with Crippen molar-refractivity contribution in [1.82, 2.24) is 15.5 Å². The highest BCUT2D eigenvalue weighted by molar-refractivity contribution is 14.0. The van der Waals surface area contributed by atoms with Crippen LogP contribution in [0.1, 0.15) is 11.1 Å². The van der Waals surface area contributed by atoms with Gasteiger partial charge in [0.25, 0.3) is 0 Å². The molecule has 0 atom stereocenters. The maximum absolute atomic E-state index is 12.0. The van der Waals surface area contributed by atoms with E-state index in [9.17, 15) is 4.79 Å². The number of carbonyl (C=O) groups excluding carboxylic acids is 1. The number of benzene rings is 2.